The molecule has 2 amide bonds. The molecular weight excluding hydrogens is 432 g/mol. The topological polar surface area (TPSA) is 105 Å². The van der Waals surface area contributed by atoms with Crippen molar-refractivity contribution in [1.82, 2.24) is 10.6 Å². The Hall–Kier alpha value is -3.61. The van der Waals surface area contributed by atoms with Gasteiger partial charge in [0.15, 0.2) is 0 Å². The fraction of sp³-hybridized carbons (Fsp3) is 0.370. The van der Waals surface area contributed by atoms with Crippen LogP contribution >= 0.6 is 0 Å². The van der Waals surface area contributed by atoms with E-state index in [0.29, 0.717) is 12.8 Å². The number of aliphatic carboxylic acids is 1. The highest BCUT2D eigenvalue weighted by molar-refractivity contribution is 5.86. The summed E-state index contributed by atoms with van der Waals surface area (Å²) in [5, 5.41) is 14.8. The molecule has 7 nitrogen and oxygen atoms in total. The number of allylic oxidation sites excluding steroid dienone is 1. The van der Waals surface area contributed by atoms with Gasteiger partial charge in [0, 0.05) is 12.0 Å². The predicted octanol–water partition coefficient (Wildman–Crippen LogP) is 4.09. The molecule has 34 heavy (non-hydrogen) atoms. The third kappa shape index (κ3) is 4.98. The number of rotatable bonds is 7. The van der Waals surface area contributed by atoms with Crippen molar-refractivity contribution in [1.29, 1.82) is 0 Å². The number of ether oxygens (including phenoxy) is 1. The monoisotopic (exact) mass is 462 g/mol. The van der Waals surface area contributed by atoms with Crippen molar-refractivity contribution in [2.45, 2.75) is 44.7 Å². The summed E-state index contributed by atoms with van der Waals surface area (Å²) < 4.78 is 5.59. The van der Waals surface area contributed by atoms with E-state index in [0.717, 1.165) is 22.3 Å². The Balaban J connectivity index is 1.37. The summed E-state index contributed by atoms with van der Waals surface area (Å²) in [7, 11) is 0. The minimum Gasteiger partial charge on any atom is -0.481 e. The summed E-state index contributed by atoms with van der Waals surface area (Å²) in [5.41, 5.74) is 4.52. The third-order valence-corrected chi connectivity index (χ3v) is 6.57. The van der Waals surface area contributed by atoms with Crippen LogP contribution in [0.5, 0.6) is 0 Å². The molecule has 0 heterocycles. The van der Waals surface area contributed by atoms with E-state index in [1.165, 1.54) is 0 Å². The van der Waals surface area contributed by atoms with Gasteiger partial charge in [-0.25, -0.2) is 4.79 Å². The summed E-state index contributed by atoms with van der Waals surface area (Å²) in [5.74, 6) is -2.00. The van der Waals surface area contributed by atoms with Crippen LogP contribution in [0.15, 0.2) is 60.7 Å². The van der Waals surface area contributed by atoms with Crippen LogP contribution in [0.3, 0.4) is 0 Å². The molecule has 2 aliphatic carbocycles. The van der Waals surface area contributed by atoms with E-state index in [9.17, 15) is 19.5 Å². The van der Waals surface area contributed by atoms with Gasteiger partial charge in [-0.05, 0) is 41.0 Å². The Morgan fingerprint density at radius 1 is 1.03 bits per heavy atom. The number of carbonyl (C=O) groups is 3. The first-order chi connectivity index (χ1) is 16.3. The number of alkyl carbamates (subject to hydrolysis) is 1. The molecule has 0 saturated heterocycles. The first-order valence-corrected chi connectivity index (χ1v) is 11.7. The van der Waals surface area contributed by atoms with Gasteiger partial charge in [-0.2, -0.15) is 0 Å². The second kappa shape index (κ2) is 10.1. The summed E-state index contributed by atoms with van der Waals surface area (Å²) in [6, 6.07) is 15.0. The van der Waals surface area contributed by atoms with Gasteiger partial charge in [-0.3, -0.25) is 9.59 Å². The van der Waals surface area contributed by atoms with Crippen molar-refractivity contribution in [3.05, 3.63) is 71.8 Å². The lowest BCUT2D eigenvalue weighted by Crippen LogP contribution is -2.52. The van der Waals surface area contributed by atoms with Crippen LogP contribution < -0.4 is 10.6 Å². The molecule has 0 aromatic heterocycles. The number of carbonyl (C=O) groups excluding carboxylic acids is 2. The van der Waals surface area contributed by atoms with Gasteiger partial charge in [0.05, 0.1) is 5.92 Å². The zero-order valence-corrected chi connectivity index (χ0v) is 19.4. The van der Waals surface area contributed by atoms with E-state index < -0.39 is 24.0 Å². The molecule has 0 saturated carbocycles. The summed E-state index contributed by atoms with van der Waals surface area (Å²) in [4.78, 5) is 36.8. The molecule has 0 spiro atoms. The van der Waals surface area contributed by atoms with Gasteiger partial charge in [0.1, 0.15) is 12.6 Å². The molecule has 3 N–H and O–H groups in total. The maximum Gasteiger partial charge on any atom is 0.407 e. The lowest BCUT2D eigenvalue weighted by molar-refractivity contribution is -0.142. The molecule has 0 fully saturated rings. The molecule has 4 rings (SSSR count). The summed E-state index contributed by atoms with van der Waals surface area (Å²) in [6.07, 6.45) is 3.71. The summed E-state index contributed by atoms with van der Waals surface area (Å²) in [6.45, 7) is 3.84. The van der Waals surface area contributed by atoms with Crippen molar-refractivity contribution < 1.29 is 24.2 Å². The van der Waals surface area contributed by atoms with Gasteiger partial charge in [-0.1, -0.05) is 74.5 Å². The maximum absolute atomic E-state index is 12.9. The van der Waals surface area contributed by atoms with Crippen LogP contribution in [0.25, 0.3) is 11.1 Å². The highest BCUT2D eigenvalue weighted by Crippen LogP contribution is 2.44. The minimum atomic E-state index is -0.874. The Morgan fingerprint density at radius 3 is 2.24 bits per heavy atom. The smallest absolute Gasteiger partial charge is 0.407 e. The van der Waals surface area contributed by atoms with Crippen LogP contribution in [-0.2, 0) is 14.3 Å². The molecule has 0 aliphatic heterocycles. The fourth-order valence-electron chi connectivity index (χ4n) is 4.77. The summed E-state index contributed by atoms with van der Waals surface area (Å²) >= 11 is 0. The van der Waals surface area contributed by atoms with E-state index in [1.54, 1.807) is 6.08 Å². The number of benzene rings is 2. The molecule has 2 aliphatic rings. The highest BCUT2D eigenvalue weighted by atomic mass is 16.5. The fourth-order valence-corrected chi connectivity index (χ4v) is 4.77. The predicted molar refractivity (Wildman–Crippen MR) is 128 cm³/mol. The first kappa shape index (κ1) is 23.5. The Bertz CT molecular complexity index is 1060. The van der Waals surface area contributed by atoms with Crippen LogP contribution in [0.4, 0.5) is 4.79 Å². The molecule has 0 radical (unpaired) electrons. The number of fused-ring (bicyclic) bond motifs is 3. The van der Waals surface area contributed by atoms with E-state index in [4.69, 9.17) is 4.74 Å². The normalized spacial score (nSPS) is 19.7. The van der Waals surface area contributed by atoms with Crippen molar-refractivity contribution >= 4 is 18.0 Å². The van der Waals surface area contributed by atoms with Crippen LogP contribution in [0, 0.1) is 11.8 Å². The van der Waals surface area contributed by atoms with Crippen molar-refractivity contribution in [3.8, 4) is 11.1 Å². The van der Waals surface area contributed by atoms with Gasteiger partial charge >= 0.3 is 12.1 Å². The molecule has 2 unspecified atom stereocenters. The first-order valence-electron chi connectivity index (χ1n) is 11.7. The molecular formula is C27H30N2O5. The van der Waals surface area contributed by atoms with Crippen LogP contribution in [0.1, 0.15) is 43.7 Å². The molecule has 2 aromatic rings. The quantitative estimate of drug-likeness (QED) is 0.538. The second-order valence-corrected chi connectivity index (χ2v) is 9.24. The SMILES string of the molecule is CC(C)[C@@H](NC(=O)OCC1c2ccccc2-c2ccccc21)C(=O)NC1C=CCC(C(=O)O)C1. The van der Waals surface area contributed by atoms with E-state index in [1.807, 2.05) is 56.3 Å². The maximum atomic E-state index is 12.9. The average molecular weight is 463 g/mol. The van der Waals surface area contributed by atoms with Crippen molar-refractivity contribution in [3.63, 3.8) is 0 Å². The number of carboxylic acids is 1. The number of hydrogen-bond acceptors (Lipinski definition) is 4. The lowest BCUT2D eigenvalue weighted by atomic mass is 9.90. The Labute approximate surface area is 199 Å². The van der Waals surface area contributed by atoms with Crippen LogP contribution in [0.2, 0.25) is 0 Å². The lowest BCUT2D eigenvalue weighted by Gasteiger charge is -2.27. The molecule has 3 atom stereocenters. The molecule has 7 heteroatoms. The second-order valence-electron chi connectivity index (χ2n) is 9.24. The molecule has 2 aromatic carbocycles. The van der Waals surface area contributed by atoms with Crippen LogP contribution in [-0.4, -0.2) is 41.8 Å². The van der Waals surface area contributed by atoms with Gasteiger partial charge in [-0.15, -0.1) is 0 Å². The zero-order chi connectivity index (χ0) is 24.2. The van der Waals surface area contributed by atoms with Gasteiger partial charge in [0.2, 0.25) is 5.91 Å². The number of hydrogen-bond donors (Lipinski definition) is 3. The van der Waals surface area contributed by atoms with E-state index >= 15 is 0 Å². The minimum absolute atomic E-state index is 0.0650. The number of carboxylic acid groups (broad SMARTS) is 1. The Morgan fingerprint density at radius 2 is 1.65 bits per heavy atom. The van der Waals surface area contributed by atoms with E-state index in [-0.39, 0.29) is 30.4 Å². The van der Waals surface area contributed by atoms with Gasteiger partial charge in [0.25, 0.3) is 0 Å². The van der Waals surface area contributed by atoms with Gasteiger partial charge < -0.3 is 20.5 Å². The van der Waals surface area contributed by atoms with Crippen molar-refractivity contribution in [2.24, 2.45) is 11.8 Å². The standard InChI is InChI=1S/C27H30N2O5/c1-16(2)24(25(30)28-18-9-7-8-17(14-18)26(31)32)29-27(33)34-15-23-21-12-5-3-10-19(21)20-11-4-6-13-22(20)23/h3-7,9-13,16-18,23-24H,8,14-15H2,1-2H3,(H,28,30)(H,29,33)(H,31,32)/t17?,18?,24-/m1/s1. The van der Waals surface area contributed by atoms with E-state index in [2.05, 4.69) is 22.8 Å². The average Bonchev–Trinajstić information content (AvgIpc) is 3.15. The highest BCUT2D eigenvalue weighted by Gasteiger charge is 2.31. The van der Waals surface area contributed by atoms with Crippen molar-refractivity contribution in [2.75, 3.05) is 6.61 Å². The third-order valence-electron chi connectivity index (χ3n) is 6.57. The Kier molecular flexibility index (Phi) is 7.01. The number of amides is 2. The zero-order valence-electron chi connectivity index (χ0n) is 19.4. The largest absolute Gasteiger partial charge is 0.481 e. The number of nitrogens with one attached hydrogen (secondary N) is 2. The molecule has 178 valence electrons. The molecule has 0 bridgehead atoms.